The topological polar surface area (TPSA) is 28.2 Å². The molecule has 1 N–H and O–H groups in total. The fraction of sp³-hybridized carbons (Fsp3) is 0.545. The van der Waals surface area contributed by atoms with Crippen LogP contribution >= 0.6 is 12.6 Å². The molecule has 1 fully saturated rings. The number of rotatable bonds is 3. The molecule has 0 atom stereocenters. The second kappa shape index (κ2) is 5.49. The molecule has 1 aliphatic heterocycles. The molecule has 1 saturated heterocycles. The Bertz CT molecular complexity index is 310. The maximum atomic E-state index is 4.43. The SMILES string of the molecule is SCc1cccnc1CN1CCNCC1. The third-order valence-corrected chi connectivity index (χ3v) is 3.08. The first-order valence-corrected chi connectivity index (χ1v) is 6.00. The fourth-order valence-corrected chi connectivity index (χ4v) is 2.13. The van der Waals surface area contributed by atoms with Crippen molar-refractivity contribution in [3.63, 3.8) is 0 Å². The molecule has 1 aromatic rings. The van der Waals surface area contributed by atoms with E-state index in [-0.39, 0.29) is 0 Å². The molecular weight excluding hydrogens is 206 g/mol. The predicted octanol–water partition coefficient (Wildman–Crippen LogP) is 0.917. The van der Waals surface area contributed by atoms with E-state index in [1.54, 1.807) is 0 Å². The van der Waals surface area contributed by atoms with Crippen LogP contribution in [-0.4, -0.2) is 36.1 Å². The minimum absolute atomic E-state index is 0.773. The van der Waals surface area contributed by atoms with Crippen molar-refractivity contribution in [1.29, 1.82) is 0 Å². The molecule has 3 nitrogen and oxygen atoms in total. The lowest BCUT2D eigenvalue weighted by molar-refractivity contribution is 0.230. The molecule has 2 heterocycles. The van der Waals surface area contributed by atoms with Crippen molar-refractivity contribution in [2.24, 2.45) is 0 Å². The lowest BCUT2D eigenvalue weighted by Gasteiger charge is -2.27. The van der Waals surface area contributed by atoms with Gasteiger partial charge in [0, 0.05) is 44.7 Å². The van der Waals surface area contributed by atoms with E-state index in [2.05, 4.69) is 33.9 Å². The van der Waals surface area contributed by atoms with Crippen LogP contribution in [-0.2, 0) is 12.3 Å². The second-order valence-corrected chi connectivity index (χ2v) is 4.11. The molecular formula is C11H17N3S. The van der Waals surface area contributed by atoms with E-state index in [0.717, 1.165) is 38.5 Å². The maximum absolute atomic E-state index is 4.43. The zero-order valence-electron chi connectivity index (χ0n) is 8.82. The summed E-state index contributed by atoms with van der Waals surface area (Å²) in [5.74, 6) is 0.773. The largest absolute Gasteiger partial charge is 0.314 e. The van der Waals surface area contributed by atoms with Gasteiger partial charge in [-0.25, -0.2) is 0 Å². The van der Waals surface area contributed by atoms with Gasteiger partial charge in [-0.2, -0.15) is 12.6 Å². The van der Waals surface area contributed by atoms with E-state index in [1.807, 2.05) is 12.3 Å². The summed E-state index contributed by atoms with van der Waals surface area (Å²) in [7, 11) is 0. The van der Waals surface area contributed by atoms with Crippen LogP contribution in [0.5, 0.6) is 0 Å². The first-order chi connectivity index (χ1) is 7.40. The van der Waals surface area contributed by atoms with Crippen LogP contribution < -0.4 is 5.32 Å². The number of piperazine rings is 1. The Hall–Kier alpha value is -0.580. The molecule has 0 aromatic carbocycles. The van der Waals surface area contributed by atoms with Crippen LogP contribution in [0.15, 0.2) is 18.3 Å². The highest BCUT2D eigenvalue weighted by molar-refractivity contribution is 7.79. The predicted molar refractivity (Wildman–Crippen MR) is 65.1 cm³/mol. The minimum atomic E-state index is 0.773. The number of nitrogens with one attached hydrogen (secondary N) is 1. The third-order valence-electron chi connectivity index (χ3n) is 2.74. The zero-order valence-corrected chi connectivity index (χ0v) is 9.71. The summed E-state index contributed by atoms with van der Waals surface area (Å²) in [5.41, 5.74) is 2.42. The lowest BCUT2D eigenvalue weighted by atomic mass is 10.2. The van der Waals surface area contributed by atoms with Crippen LogP contribution in [0, 0.1) is 0 Å². The molecule has 0 aliphatic carbocycles. The Morgan fingerprint density at radius 2 is 2.20 bits per heavy atom. The van der Waals surface area contributed by atoms with Gasteiger partial charge in [0.25, 0.3) is 0 Å². The van der Waals surface area contributed by atoms with Gasteiger partial charge in [-0.3, -0.25) is 9.88 Å². The molecule has 0 saturated carbocycles. The number of thiol groups is 1. The smallest absolute Gasteiger partial charge is 0.0584 e. The van der Waals surface area contributed by atoms with Gasteiger partial charge < -0.3 is 5.32 Å². The summed E-state index contributed by atoms with van der Waals surface area (Å²) in [6.07, 6.45) is 1.87. The molecule has 0 amide bonds. The second-order valence-electron chi connectivity index (χ2n) is 3.79. The number of hydrogen-bond acceptors (Lipinski definition) is 4. The summed E-state index contributed by atoms with van der Waals surface area (Å²) in [5, 5.41) is 3.35. The van der Waals surface area contributed by atoms with Crippen LogP contribution in [0.4, 0.5) is 0 Å². The number of aromatic nitrogens is 1. The van der Waals surface area contributed by atoms with Gasteiger partial charge in [0.05, 0.1) is 5.69 Å². The number of hydrogen-bond donors (Lipinski definition) is 2. The van der Waals surface area contributed by atoms with E-state index >= 15 is 0 Å². The van der Waals surface area contributed by atoms with E-state index < -0.39 is 0 Å². The van der Waals surface area contributed by atoms with Gasteiger partial charge in [-0.15, -0.1) is 0 Å². The van der Waals surface area contributed by atoms with Crippen molar-refractivity contribution >= 4 is 12.6 Å². The Labute approximate surface area is 96.3 Å². The lowest BCUT2D eigenvalue weighted by Crippen LogP contribution is -2.43. The Morgan fingerprint density at radius 1 is 1.40 bits per heavy atom. The van der Waals surface area contributed by atoms with Gasteiger partial charge in [-0.1, -0.05) is 6.07 Å². The monoisotopic (exact) mass is 223 g/mol. The van der Waals surface area contributed by atoms with Crippen molar-refractivity contribution in [3.05, 3.63) is 29.6 Å². The Kier molecular flexibility index (Phi) is 4.00. The molecule has 15 heavy (non-hydrogen) atoms. The van der Waals surface area contributed by atoms with Gasteiger partial charge in [0.2, 0.25) is 0 Å². The van der Waals surface area contributed by atoms with Crippen LogP contribution in [0.25, 0.3) is 0 Å². The summed E-state index contributed by atoms with van der Waals surface area (Å²) in [4.78, 5) is 6.87. The highest BCUT2D eigenvalue weighted by atomic mass is 32.1. The summed E-state index contributed by atoms with van der Waals surface area (Å²) in [6.45, 7) is 5.36. The van der Waals surface area contributed by atoms with Crippen molar-refractivity contribution in [2.45, 2.75) is 12.3 Å². The summed E-state index contributed by atoms with van der Waals surface area (Å²) < 4.78 is 0. The molecule has 82 valence electrons. The first kappa shape index (κ1) is 10.9. The number of pyridine rings is 1. The van der Waals surface area contributed by atoms with Crippen molar-refractivity contribution < 1.29 is 0 Å². The molecule has 0 bridgehead atoms. The first-order valence-electron chi connectivity index (χ1n) is 5.37. The third kappa shape index (κ3) is 2.93. The highest BCUT2D eigenvalue weighted by Crippen LogP contribution is 2.11. The zero-order chi connectivity index (χ0) is 10.5. The van der Waals surface area contributed by atoms with E-state index in [1.165, 1.54) is 11.3 Å². The van der Waals surface area contributed by atoms with Crippen LogP contribution in [0.2, 0.25) is 0 Å². The van der Waals surface area contributed by atoms with Gasteiger partial charge >= 0.3 is 0 Å². The quantitative estimate of drug-likeness (QED) is 0.746. The normalized spacial score (nSPS) is 17.9. The molecule has 0 spiro atoms. The molecule has 4 heteroatoms. The average molecular weight is 223 g/mol. The molecule has 1 aliphatic rings. The summed E-state index contributed by atoms with van der Waals surface area (Å²) >= 11 is 4.33. The van der Waals surface area contributed by atoms with Gasteiger partial charge in [-0.05, 0) is 11.6 Å². The summed E-state index contributed by atoms with van der Waals surface area (Å²) in [6, 6.07) is 4.09. The van der Waals surface area contributed by atoms with Crippen LogP contribution in [0.1, 0.15) is 11.3 Å². The highest BCUT2D eigenvalue weighted by Gasteiger charge is 2.12. The van der Waals surface area contributed by atoms with Crippen molar-refractivity contribution in [3.8, 4) is 0 Å². The average Bonchev–Trinajstić information content (AvgIpc) is 2.31. The van der Waals surface area contributed by atoms with E-state index in [9.17, 15) is 0 Å². The molecule has 2 rings (SSSR count). The molecule has 0 radical (unpaired) electrons. The van der Waals surface area contributed by atoms with Crippen molar-refractivity contribution in [2.75, 3.05) is 26.2 Å². The number of nitrogens with zero attached hydrogens (tertiary/aromatic N) is 2. The Morgan fingerprint density at radius 3 is 2.93 bits per heavy atom. The minimum Gasteiger partial charge on any atom is -0.314 e. The van der Waals surface area contributed by atoms with Crippen molar-refractivity contribution in [1.82, 2.24) is 15.2 Å². The van der Waals surface area contributed by atoms with Gasteiger partial charge in [0.15, 0.2) is 0 Å². The maximum Gasteiger partial charge on any atom is 0.0584 e. The van der Waals surface area contributed by atoms with E-state index in [0.29, 0.717) is 0 Å². The van der Waals surface area contributed by atoms with Crippen LogP contribution in [0.3, 0.4) is 0 Å². The molecule has 0 unspecified atom stereocenters. The van der Waals surface area contributed by atoms with E-state index in [4.69, 9.17) is 0 Å². The standard InChI is InChI=1S/C11H17N3S/c15-9-10-2-1-3-13-11(10)8-14-6-4-12-5-7-14/h1-3,12,15H,4-9H2. The fourth-order valence-electron chi connectivity index (χ4n) is 1.84. The van der Waals surface area contributed by atoms with Gasteiger partial charge in [0.1, 0.15) is 0 Å². The Balaban J connectivity index is 2.02. The molecule has 1 aromatic heterocycles.